The van der Waals surface area contributed by atoms with E-state index in [1.165, 1.54) is 0 Å². The predicted molar refractivity (Wildman–Crippen MR) is 70.2 cm³/mol. The lowest BCUT2D eigenvalue weighted by molar-refractivity contribution is 0.0697. The Kier molecular flexibility index (Phi) is 3.66. The van der Waals surface area contributed by atoms with Crippen LogP contribution in [0.3, 0.4) is 0 Å². The lowest BCUT2D eigenvalue weighted by Gasteiger charge is -2.30. The van der Waals surface area contributed by atoms with Crippen molar-refractivity contribution in [3.63, 3.8) is 0 Å². The molecule has 1 aromatic rings. The fourth-order valence-corrected chi connectivity index (χ4v) is 2.58. The third-order valence-electron chi connectivity index (χ3n) is 3.59. The van der Waals surface area contributed by atoms with Gasteiger partial charge in [-0.3, -0.25) is 4.79 Å². The minimum Gasteiger partial charge on any atom is -0.337 e. The minimum absolute atomic E-state index is 0.00738. The summed E-state index contributed by atoms with van der Waals surface area (Å²) < 4.78 is 0. The number of hydrogen-bond donors (Lipinski definition) is 0. The molecule has 0 bridgehead atoms. The molecule has 0 N–H and O–H groups in total. The monoisotopic (exact) mass is 242 g/mol. The smallest absolute Gasteiger partial charge is 0.254 e. The highest BCUT2D eigenvalue weighted by molar-refractivity contribution is 5.97. The van der Waals surface area contributed by atoms with Gasteiger partial charge in [-0.05, 0) is 37.8 Å². The van der Waals surface area contributed by atoms with E-state index in [-0.39, 0.29) is 11.8 Å². The first-order chi connectivity index (χ1) is 8.63. The Balaban J connectivity index is 2.24. The van der Waals surface area contributed by atoms with Crippen molar-refractivity contribution in [3.05, 3.63) is 34.9 Å². The van der Waals surface area contributed by atoms with Crippen LogP contribution in [0.4, 0.5) is 0 Å². The van der Waals surface area contributed by atoms with Crippen LogP contribution in [0.25, 0.3) is 0 Å². The van der Waals surface area contributed by atoms with E-state index < -0.39 is 0 Å². The lowest BCUT2D eigenvalue weighted by Crippen LogP contribution is -2.40. The number of carbonyl (C=O) groups excluding carboxylic acids is 1. The molecule has 1 saturated heterocycles. The maximum absolute atomic E-state index is 12.5. The zero-order valence-corrected chi connectivity index (χ0v) is 10.9. The summed E-state index contributed by atoms with van der Waals surface area (Å²) in [6.07, 6.45) is 1.84. The van der Waals surface area contributed by atoms with Crippen molar-refractivity contribution in [1.82, 2.24) is 4.90 Å². The summed E-state index contributed by atoms with van der Waals surface area (Å²) in [5.74, 6) is 0.0672. The first-order valence-electron chi connectivity index (χ1n) is 6.38. The number of rotatable bonds is 1. The second-order valence-corrected chi connectivity index (χ2v) is 4.99. The highest BCUT2D eigenvalue weighted by Crippen LogP contribution is 2.21. The molecule has 1 heterocycles. The van der Waals surface area contributed by atoms with Crippen LogP contribution >= 0.6 is 0 Å². The van der Waals surface area contributed by atoms with Gasteiger partial charge in [0.15, 0.2) is 0 Å². The number of benzene rings is 1. The Morgan fingerprint density at radius 1 is 1.39 bits per heavy atom. The van der Waals surface area contributed by atoms with E-state index >= 15 is 0 Å². The molecule has 1 aliphatic heterocycles. The highest BCUT2D eigenvalue weighted by Gasteiger charge is 2.25. The first kappa shape index (κ1) is 12.6. The van der Waals surface area contributed by atoms with Crippen molar-refractivity contribution in [3.8, 4) is 6.07 Å². The molecule has 1 atom stereocenters. The summed E-state index contributed by atoms with van der Waals surface area (Å²) >= 11 is 0. The standard InChI is InChI=1S/C15H18N2O/c1-11-5-3-6-12(2)14(11)15(18)17-8-4-7-13(9-16)10-17/h3,5-6,13H,4,7-8,10H2,1-2H3. The van der Waals surface area contributed by atoms with Crippen molar-refractivity contribution < 1.29 is 4.79 Å². The fourth-order valence-electron chi connectivity index (χ4n) is 2.58. The van der Waals surface area contributed by atoms with Crippen molar-refractivity contribution in [1.29, 1.82) is 5.26 Å². The summed E-state index contributed by atoms with van der Waals surface area (Å²) in [6.45, 7) is 5.27. The molecule has 0 aromatic heterocycles. The van der Waals surface area contributed by atoms with Crippen molar-refractivity contribution in [2.24, 2.45) is 5.92 Å². The number of likely N-dealkylation sites (tertiary alicyclic amines) is 1. The second kappa shape index (κ2) is 5.22. The number of nitriles is 1. The molecule has 0 saturated carbocycles. The molecular formula is C15H18N2O. The molecule has 1 amide bonds. The van der Waals surface area contributed by atoms with E-state index in [0.717, 1.165) is 36.1 Å². The van der Waals surface area contributed by atoms with Crippen LogP contribution in [0.2, 0.25) is 0 Å². The third kappa shape index (κ3) is 2.38. The molecule has 2 rings (SSSR count). The van der Waals surface area contributed by atoms with Crippen LogP contribution in [-0.2, 0) is 0 Å². The van der Waals surface area contributed by atoms with Gasteiger partial charge in [-0.25, -0.2) is 0 Å². The zero-order chi connectivity index (χ0) is 13.1. The molecule has 1 fully saturated rings. The van der Waals surface area contributed by atoms with Gasteiger partial charge in [0.05, 0.1) is 12.0 Å². The Morgan fingerprint density at radius 3 is 2.67 bits per heavy atom. The van der Waals surface area contributed by atoms with Crippen molar-refractivity contribution >= 4 is 5.91 Å². The summed E-state index contributed by atoms with van der Waals surface area (Å²) in [5.41, 5.74) is 2.83. The summed E-state index contributed by atoms with van der Waals surface area (Å²) in [5, 5.41) is 8.98. The minimum atomic E-state index is -0.00738. The topological polar surface area (TPSA) is 44.1 Å². The Labute approximate surface area is 108 Å². The van der Waals surface area contributed by atoms with Crippen molar-refractivity contribution in [2.75, 3.05) is 13.1 Å². The maximum Gasteiger partial charge on any atom is 0.254 e. The Bertz CT molecular complexity index is 481. The average molecular weight is 242 g/mol. The van der Waals surface area contributed by atoms with Crippen LogP contribution in [0.1, 0.15) is 34.3 Å². The van der Waals surface area contributed by atoms with Crippen LogP contribution in [-0.4, -0.2) is 23.9 Å². The van der Waals surface area contributed by atoms with Crippen LogP contribution < -0.4 is 0 Å². The van der Waals surface area contributed by atoms with Gasteiger partial charge in [0.1, 0.15) is 0 Å². The van der Waals surface area contributed by atoms with Gasteiger partial charge in [0.2, 0.25) is 0 Å². The van der Waals surface area contributed by atoms with Gasteiger partial charge in [-0.2, -0.15) is 5.26 Å². The number of aryl methyl sites for hydroxylation is 2. The van der Waals surface area contributed by atoms with E-state index in [9.17, 15) is 4.79 Å². The fraction of sp³-hybridized carbons (Fsp3) is 0.467. The molecule has 94 valence electrons. The number of carbonyl (C=O) groups is 1. The van der Waals surface area contributed by atoms with Gasteiger partial charge >= 0.3 is 0 Å². The van der Waals surface area contributed by atoms with Crippen LogP contribution in [0.5, 0.6) is 0 Å². The Morgan fingerprint density at radius 2 is 2.06 bits per heavy atom. The summed E-state index contributed by atoms with van der Waals surface area (Å²) in [4.78, 5) is 14.3. The highest BCUT2D eigenvalue weighted by atomic mass is 16.2. The van der Waals surface area contributed by atoms with Crippen LogP contribution in [0.15, 0.2) is 18.2 Å². The molecule has 0 aliphatic carbocycles. The zero-order valence-electron chi connectivity index (χ0n) is 10.9. The predicted octanol–water partition coefficient (Wildman–Crippen LogP) is 2.68. The number of amides is 1. The van der Waals surface area contributed by atoms with E-state index in [2.05, 4.69) is 6.07 Å². The lowest BCUT2D eigenvalue weighted by atomic mass is 9.96. The number of nitrogens with zero attached hydrogens (tertiary/aromatic N) is 2. The molecule has 1 aromatic carbocycles. The Hall–Kier alpha value is -1.82. The molecule has 3 heteroatoms. The molecule has 1 unspecified atom stereocenters. The molecular weight excluding hydrogens is 224 g/mol. The summed E-state index contributed by atoms with van der Waals surface area (Å²) in [7, 11) is 0. The average Bonchev–Trinajstić information content (AvgIpc) is 2.38. The van der Waals surface area contributed by atoms with E-state index in [4.69, 9.17) is 5.26 Å². The molecule has 1 aliphatic rings. The van der Waals surface area contributed by atoms with Gasteiger partial charge in [0.25, 0.3) is 5.91 Å². The van der Waals surface area contributed by atoms with E-state index in [1.54, 1.807) is 0 Å². The van der Waals surface area contributed by atoms with Gasteiger partial charge in [-0.15, -0.1) is 0 Å². The van der Waals surface area contributed by atoms with E-state index in [0.29, 0.717) is 6.54 Å². The molecule has 3 nitrogen and oxygen atoms in total. The molecule has 18 heavy (non-hydrogen) atoms. The number of hydrogen-bond acceptors (Lipinski definition) is 2. The molecule has 0 spiro atoms. The number of piperidine rings is 1. The maximum atomic E-state index is 12.5. The SMILES string of the molecule is Cc1cccc(C)c1C(=O)N1CCCC(C#N)C1. The first-order valence-corrected chi connectivity index (χ1v) is 6.38. The van der Waals surface area contributed by atoms with Gasteiger partial charge in [0, 0.05) is 18.7 Å². The largest absolute Gasteiger partial charge is 0.337 e. The molecule has 0 radical (unpaired) electrons. The van der Waals surface area contributed by atoms with Gasteiger partial charge in [-0.1, -0.05) is 18.2 Å². The summed E-state index contributed by atoms with van der Waals surface area (Å²) in [6, 6.07) is 8.17. The van der Waals surface area contributed by atoms with Crippen LogP contribution in [0, 0.1) is 31.1 Å². The quantitative estimate of drug-likeness (QED) is 0.760. The second-order valence-electron chi connectivity index (χ2n) is 4.99. The van der Waals surface area contributed by atoms with Gasteiger partial charge < -0.3 is 4.90 Å². The van der Waals surface area contributed by atoms with E-state index in [1.807, 2.05) is 36.9 Å². The third-order valence-corrected chi connectivity index (χ3v) is 3.59. The van der Waals surface area contributed by atoms with Crippen molar-refractivity contribution in [2.45, 2.75) is 26.7 Å². The normalized spacial score (nSPS) is 19.4.